The quantitative estimate of drug-likeness (QED) is 0.771. The first-order valence-corrected chi connectivity index (χ1v) is 8.35. The maximum absolute atomic E-state index is 12.2. The van der Waals surface area contributed by atoms with Crippen molar-refractivity contribution in [1.29, 1.82) is 0 Å². The van der Waals surface area contributed by atoms with Crippen LogP contribution in [0.5, 0.6) is 0 Å². The van der Waals surface area contributed by atoms with Crippen LogP contribution in [0.15, 0.2) is 34.4 Å². The van der Waals surface area contributed by atoms with E-state index in [0.29, 0.717) is 15.7 Å². The molecule has 1 aromatic carbocycles. The summed E-state index contributed by atoms with van der Waals surface area (Å²) in [6, 6.07) is 7.24. The standard InChI is InChI=1S/C15H14ClN5O2S/c1-9-6-10(2)14(11(16)7-9)17-12(22)8-20-15(23)21(19-18-20)13-4-3-5-24-13/h3-7H,8H2,1-2H3,(H,17,22). The Bertz CT molecular complexity index is 922. The average molecular weight is 364 g/mol. The van der Waals surface area contributed by atoms with E-state index in [-0.39, 0.29) is 6.54 Å². The molecule has 2 aromatic heterocycles. The van der Waals surface area contributed by atoms with Crippen LogP contribution in [0.3, 0.4) is 0 Å². The molecule has 3 aromatic rings. The third-order valence-corrected chi connectivity index (χ3v) is 4.49. The van der Waals surface area contributed by atoms with Gasteiger partial charge in [-0.25, -0.2) is 4.79 Å². The van der Waals surface area contributed by atoms with Crippen molar-refractivity contribution in [1.82, 2.24) is 19.8 Å². The fourth-order valence-electron chi connectivity index (χ4n) is 2.29. The summed E-state index contributed by atoms with van der Waals surface area (Å²) in [5, 5.41) is 13.2. The minimum atomic E-state index is -0.473. The predicted octanol–water partition coefficient (Wildman–Crippen LogP) is 2.40. The molecule has 0 fully saturated rings. The molecule has 0 bridgehead atoms. The zero-order valence-corrected chi connectivity index (χ0v) is 14.6. The molecule has 2 heterocycles. The van der Waals surface area contributed by atoms with Gasteiger partial charge in [0.1, 0.15) is 11.5 Å². The summed E-state index contributed by atoms with van der Waals surface area (Å²) in [5.74, 6) is -0.399. The molecule has 124 valence electrons. The van der Waals surface area contributed by atoms with E-state index in [2.05, 4.69) is 15.7 Å². The molecule has 1 amide bonds. The van der Waals surface area contributed by atoms with Crippen LogP contribution >= 0.6 is 22.9 Å². The first kappa shape index (κ1) is 16.4. The smallest absolute Gasteiger partial charge is 0.323 e. The Balaban J connectivity index is 1.78. The summed E-state index contributed by atoms with van der Waals surface area (Å²) in [7, 11) is 0. The molecule has 0 aliphatic rings. The van der Waals surface area contributed by atoms with Crippen molar-refractivity contribution in [3.05, 3.63) is 56.3 Å². The highest BCUT2D eigenvalue weighted by atomic mass is 35.5. The Labute approximate surface area is 146 Å². The topological polar surface area (TPSA) is 81.8 Å². The van der Waals surface area contributed by atoms with E-state index in [9.17, 15) is 9.59 Å². The van der Waals surface area contributed by atoms with E-state index in [1.54, 1.807) is 18.2 Å². The van der Waals surface area contributed by atoms with Gasteiger partial charge in [0.05, 0.1) is 10.7 Å². The Morgan fingerprint density at radius 1 is 1.33 bits per heavy atom. The SMILES string of the molecule is Cc1cc(C)c(NC(=O)Cn2nnn(-c3cccs3)c2=O)c(Cl)c1. The van der Waals surface area contributed by atoms with E-state index < -0.39 is 11.6 Å². The number of amides is 1. The van der Waals surface area contributed by atoms with E-state index in [1.165, 1.54) is 11.3 Å². The Hall–Kier alpha value is -2.45. The van der Waals surface area contributed by atoms with E-state index in [1.807, 2.05) is 25.3 Å². The summed E-state index contributed by atoms with van der Waals surface area (Å²) in [6.45, 7) is 3.54. The number of tetrazole rings is 1. The number of halogens is 1. The number of thiophene rings is 1. The van der Waals surface area contributed by atoms with Crippen molar-refractivity contribution in [2.24, 2.45) is 0 Å². The maximum Gasteiger partial charge on any atom is 0.369 e. The third-order valence-electron chi connectivity index (χ3n) is 3.34. The van der Waals surface area contributed by atoms with Crippen molar-refractivity contribution in [3.63, 3.8) is 0 Å². The lowest BCUT2D eigenvalue weighted by Gasteiger charge is -2.11. The van der Waals surface area contributed by atoms with Crippen LogP contribution in [-0.4, -0.2) is 25.7 Å². The lowest BCUT2D eigenvalue weighted by atomic mass is 10.1. The fraction of sp³-hybridized carbons (Fsp3) is 0.200. The van der Waals surface area contributed by atoms with Crippen LogP contribution in [0.1, 0.15) is 11.1 Å². The van der Waals surface area contributed by atoms with Gasteiger partial charge in [0.15, 0.2) is 0 Å². The maximum atomic E-state index is 12.2. The first-order chi connectivity index (χ1) is 11.5. The van der Waals surface area contributed by atoms with Crippen LogP contribution in [0, 0.1) is 13.8 Å². The van der Waals surface area contributed by atoms with Gasteiger partial charge >= 0.3 is 5.69 Å². The molecule has 0 saturated carbocycles. The van der Waals surface area contributed by atoms with Crippen LogP contribution in [0.25, 0.3) is 5.00 Å². The molecule has 0 aliphatic carbocycles. The molecular weight excluding hydrogens is 350 g/mol. The summed E-state index contributed by atoms with van der Waals surface area (Å²) < 4.78 is 2.16. The van der Waals surface area contributed by atoms with Crippen molar-refractivity contribution >= 4 is 34.5 Å². The Morgan fingerprint density at radius 3 is 2.79 bits per heavy atom. The summed E-state index contributed by atoms with van der Waals surface area (Å²) in [6.07, 6.45) is 0. The van der Waals surface area contributed by atoms with Crippen LogP contribution in [-0.2, 0) is 11.3 Å². The van der Waals surface area contributed by atoms with Crippen LogP contribution in [0.2, 0.25) is 5.02 Å². The van der Waals surface area contributed by atoms with Gasteiger partial charge in [-0.15, -0.1) is 11.3 Å². The molecule has 0 saturated heterocycles. The summed E-state index contributed by atoms with van der Waals surface area (Å²) in [4.78, 5) is 24.5. The number of benzene rings is 1. The second kappa shape index (κ2) is 6.58. The third kappa shape index (κ3) is 3.24. The highest BCUT2D eigenvalue weighted by Gasteiger charge is 2.14. The number of rotatable bonds is 4. The molecule has 24 heavy (non-hydrogen) atoms. The van der Waals surface area contributed by atoms with Gasteiger partial charge in [-0.3, -0.25) is 4.79 Å². The van der Waals surface area contributed by atoms with Gasteiger partial charge in [-0.1, -0.05) is 17.7 Å². The molecule has 1 N–H and O–H groups in total. The summed E-state index contributed by atoms with van der Waals surface area (Å²) >= 11 is 7.53. The fourth-order valence-corrected chi connectivity index (χ4v) is 3.33. The molecule has 0 aliphatic heterocycles. The zero-order chi connectivity index (χ0) is 17.3. The van der Waals surface area contributed by atoms with E-state index in [4.69, 9.17) is 11.6 Å². The number of nitrogens with zero attached hydrogens (tertiary/aromatic N) is 4. The molecule has 7 nitrogen and oxygen atoms in total. The van der Waals surface area contributed by atoms with Gasteiger partial charge in [0.2, 0.25) is 5.91 Å². The van der Waals surface area contributed by atoms with Gasteiger partial charge in [-0.05, 0) is 59.0 Å². The van der Waals surface area contributed by atoms with Crippen molar-refractivity contribution in [2.45, 2.75) is 20.4 Å². The second-order valence-corrected chi connectivity index (χ2v) is 6.60. The van der Waals surface area contributed by atoms with Gasteiger partial charge in [0.25, 0.3) is 0 Å². The highest BCUT2D eigenvalue weighted by Crippen LogP contribution is 2.27. The largest absolute Gasteiger partial charge is 0.369 e. The molecule has 3 rings (SSSR count). The van der Waals surface area contributed by atoms with Gasteiger partial charge in [0, 0.05) is 0 Å². The van der Waals surface area contributed by atoms with Gasteiger partial charge in [-0.2, -0.15) is 9.36 Å². The lowest BCUT2D eigenvalue weighted by Crippen LogP contribution is -2.29. The first-order valence-electron chi connectivity index (χ1n) is 7.09. The molecule has 9 heteroatoms. The minimum Gasteiger partial charge on any atom is -0.323 e. The van der Waals surface area contributed by atoms with Crippen LogP contribution < -0.4 is 11.0 Å². The molecule has 0 unspecified atom stereocenters. The van der Waals surface area contributed by atoms with Crippen molar-refractivity contribution in [2.75, 3.05) is 5.32 Å². The number of anilines is 1. The lowest BCUT2D eigenvalue weighted by molar-refractivity contribution is -0.117. The van der Waals surface area contributed by atoms with Gasteiger partial charge < -0.3 is 5.32 Å². The number of carbonyl (C=O) groups is 1. The van der Waals surface area contributed by atoms with Crippen molar-refractivity contribution < 1.29 is 4.79 Å². The number of aromatic nitrogens is 4. The van der Waals surface area contributed by atoms with Crippen molar-refractivity contribution in [3.8, 4) is 5.00 Å². The van der Waals surface area contributed by atoms with E-state index in [0.717, 1.165) is 20.5 Å². The normalized spacial score (nSPS) is 10.8. The number of carbonyl (C=O) groups excluding carboxylic acids is 1. The molecular formula is C15H14ClN5O2S. The second-order valence-electron chi connectivity index (χ2n) is 5.27. The Kier molecular flexibility index (Phi) is 4.50. The monoisotopic (exact) mass is 363 g/mol. The summed E-state index contributed by atoms with van der Waals surface area (Å²) in [5.41, 5.74) is 1.92. The van der Waals surface area contributed by atoms with E-state index >= 15 is 0 Å². The molecule has 0 radical (unpaired) electrons. The number of aryl methyl sites for hydroxylation is 2. The number of nitrogens with one attached hydrogen (secondary N) is 1. The number of hydrogen-bond donors (Lipinski definition) is 1. The predicted molar refractivity (Wildman–Crippen MR) is 93.1 cm³/mol. The average Bonchev–Trinajstić information content (AvgIpc) is 3.14. The Morgan fingerprint density at radius 2 is 2.12 bits per heavy atom. The highest BCUT2D eigenvalue weighted by molar-refractivity contribution is 7.12. The van der Waals surface area contributed by atoms with Crippen LogP contribution in [0.4, 0.5) is 5.69 Å². The number of hydrogen-bond acceptors (Lipinski definition) is 5. The zero-order valence-electron chi connectivity index (χ0n) is 13.0. The minimum absolute atomic E-state index is 0.242. The molecule has 0 atom stereocenters. The molecule has 0 spiro atoms.